The predicted octanol–water partition coefficient (Wildman–Crippen LogP) is 0.154. The van der Waals surface area contributed by atoms with Crippen LogP contribution in [0.5, 0.6) is 0 Å². The van der Waals surface area contributed by atoms with Crippen molar-refractivity contribution < 1.29 is 9.90 Å². The molecular weight excluding hydrogens is 230 g/mol. The highest BCUT2D eigenvalue weighted by atomic mass is 35.5. The number of pyridine rings is 1. The molecule has 0 aromatic carbocycles. The molecule has 2 rings (SSSR count). The summed E-state index contributed by atoms with van der Waals surface area (Å²) < 4.78 is 0. The van der Waals surface area contributed by atoms with Crippen molar-refractivity contribution in [3.8, 4) is 0 Å². The Bertz CT molecular complexity index is 352. The van der Waals surface area contributed by atoms with E-state index >= 15 is 0 Å². The zero-order valence-corrected chi connectivity index (χ0v) is 9.46. The van der Waals surface area contributed by atoms with Gasteiger partial charge in [-0.1, -0.05) is 6.07 Å². The number of nitrogens with one attached hydrogen (secondary N) is 2. The third kappa shape index (κ3) is 2.91. The minimum absolute atomic E-state index is 0. The number of aliphatic hydroxyl groups excluding tert-OH is 1. The molecule has 0 aliphatic carbocycles. The molecule has 6 heteroatoms. The third-order valence-electron chi connectivity index (χ3n) is 2.41. The molecule has 1 saturated heterocycles. The Morgan fingerprint density at radius 3 is 2.75 bits per heavy atom. The number of carbonyl (C=O) groups excluding carboxylic acids is 1. The Morgan fingerprint density at radius 2 is 2.31 bits per heavy atom. The normalized spacial score (nSPS) is 14.8. The van der Waals surface area contributed by atoms with E-state index in [1.807, 2.05) is 0 Å². The smallest absolute Gasteiger partial charge is 0.231 e. The van der Waals surface area contributed by atoms with Crippen LogP contribution in [0.3, 0.4) is 0 Å². The minimum atomic E-state index is -0.0340. The van der Waals surface area contributed by atoms with E-state index in [4.69, 9.17) is 5.11 Å². The van der Waals surface area contributed by atoms with E-state index in [2.05, 4.69) is 15.6 Å². The van der Waals surface area contributed by atoms with Gasteiger partial charge in [-0.05, 0) is 11.6 Å². The monoisotopic (exact) mass is 243 g/mol. The molecule has 0 bridgehead atoms. The molecule has 16 heavy (non-hydrogen) atoms. The molecule has 1 aromatic rings. The zero-order valence-electron chi connectivity index (χ0n) is 8.64. The van der Waals surface area contributed by atoms with Crippen LogP contribution in [0.15, 0.2) is 18.3 Å². The first-order valence-corrected chi connectivity index (χ1v) is 4.87. The third-order valence-corrected chi connectivity index (χ3v) is 2.41. The van der Waals surface area contributed by atoms with Crippen LogP contribution in [0.2, 0.25) is 0 Å². The molecule has 1 aliphatic heterocycles. The topological polar surface area (TPSA) is 74.2 Å². The highest BCUT2D eigenvalue weighted by Gasteiger charge is 2.24. The molecule has 0 saturated carbocycles. The van der Waals surface area contributed by atoms with Gasteiger partial charge in [-0.25, -0.2) is 4.98 Å². The summed E-state index contributed by atoms with van der Waals surface area (Å²) in [6.07, 6.45) is 1.55. The Labute approximate surface area is 99.7 Å². The number of carbonyl (C=O) groups is 1. The predicted molar refractivity (Wildman–Crippen MR) is 62.4 cm³/mol. The molecular formula is C10H14ClN3O2. The summed E-state index contributed by atoms with van der Waals surface area (Å²) in [5.74, 6) is 0.589. The summed E-state index contributed by atoms with van der Waals surface area (Å²) in [5, 5.41) is 14.6. The average molecular weight is 244 g/mol. The summed E-state index contributed by atoms with van der Waals surface area (Å²) in [5.41, 5.74) is 0.735. The largest absolute Gasteiger partial charge is 0.392 e. The number of halogens is 1. The van der Waals surface area contributed by atoms with Crippen molar-refractivity contribution in [1.29, 1.82) is 0 Å². The molecule has 1 aromatic heterocycles. The number of hydrogen-bond donors (Lipinski definition) is 3. The second-order valence-electron chi connectivity index (χ2n) is 3.55. The van der Waals surface area contributed by atoms with Gasteiger partial charge in [-0.3, -0.25) is 4.79 Å². The van der Waals surface area contributed by atoms with Crippen LogP contribution in [0.25, 0.3) is 0 Å². The number of rotatable bonds is 3. The van der Waals surface area contributed by atoms with E-state index in [9.17, 15) is 4.79 Å². The van der Waals surface area contributed by atoms with Gasteiger partial charge in [0.25, 0.3) is 0 Å². The van der Waals surface area contributed by atoms with E-state index in [0.717, 1.165) is 18.7 Å². The van der Waals surface area contributed by atoms with E-state index in [-0.39, 0.29) is 30.8 Å². The first-order chi connectivity index (χ1) is 7.29. The highest BCUT2D eigenvalue weighted by Crippen LogP contribution is 2.09. The maximum Gasteiger partial charge on any atom is 0.231 e. The Balaban J connectivity index is 0.00000128. The van der Waals surface area contributed by atoms with Gasteiger partial charge in [0.15, 0.2) is 0 Å². The summed E-state index contributed by atoms with van der Waals surface area (Å²) >= 11 is 0. The lowest BCUT2D eigenvalue weighted by atomic mass is 10.0. The Morgan fingerprint density at radius 1 is 1.56 bits per heavy atom. The maximum absolute atomic E-state index is 11.5. The average Bonchev–Trinajstić information content (AvgIpc) is 2.16. The van der Waals surface area contributed by atoms with Gasteiger partial charge in [0.05, 0.1) is 12.5 Å². The molecule has 0 radical (unpaired) electrons. The van der Waals surface area contributed by atoms with Crippen molar-refractivity contribution in [3.63, 3.8) is 0 Å². The van der Waals surface area contributed by atoms with Crippen LogP contribution in [0.1, 0.15) is 5.56 Å². The van der Waals surface area contributed by atoms with Gasteiger partial charge in [0.2, 0.25) is 5.91 Å². The quantitative estimate of drug-likeness (QED) is 0.707. The van der Waals surface area contributed by atoms with Crippen LogP contribution in [-0.4, -0.2) is 29.1 Å². The summed E-state index contributed by atoms with van der Waals surface area (Å²) in [6.45, 7) is 1.44. The number of aromatic nitrogens is 1. The fraction of sp³-hybridized carbons (Fsp3) is 0.400. The molecule has 0 atom stereocenters. The fourth-order valence-corrected chi connectivity index (χ4v) is 1.29. The minimum Gasteiger partial charge on any atom is -0.392 e. The Kier molecular flexibility index (Phi) is 4.67. The van der Waals surface area contributed by atoms with Crippen molar-refractivity contribution in [2.75, 3.05) is 18.4 Å². The zero-order chi connectivity index (χ0) is 10.7. The van der Waals surface area contributed by atoms with Gasteiger partial charge in [0, 0.05) is 19.3 Å². The van der Waals surface area contributed by atoms with Gasteiger partial charge < -0.3 is 15.7 Å². The first kappa shape index (κ1) is 12.9. The second kappa shape index (κ2) is 5.79. The summed E-state index contributed by atoms with van der Waals surface area (Å²) in [7, 11) is 0. The van der Waals surface area contributed by atoms with Gasteiger partial charge in [-0.2, -0.15) is 0 Å². The lowest BCUT2D eigenvalue weighted by molar-refractivity contribution is -0.121. The van der Waals surface area contributed by atoms with Gasteiger partial charge >= 0.3 is 0 Å². The molecule has 0 spiro atoms. The summed E-state index contributed by atoms with van der Waals surface area (Å²) in [4.78, 5) is 15.5. The fourth-order valence-electron chi connectivity index (χ4n) is 1.29. The Hall–Kier alpha value is -1.17. The molecule has 1 amide bonds. The summed E-state index contributed by atoms with van der Waals surface area (Å²) in [6, 6.07) is 3.43. The van der Waals surface area contributed by atoms with E-state index in [1.165, 1.54) is 0 Å². The van der Waals surface area contributed by atoms with Gasteiger partial charge in [-0.15, -0.1) is 12.4 Å². The molecule has 5 nitrogen and oxygen atoms in total. The molecule has 88 valence electrons. The number of hydrogen-bond acceptors (Lipinski definition) is 4. The number of nitrogens with zero attached hydrogens (tertiary/aromatic N) is 1. The van der Waals surface area contributed by atoms with Crippen molar-refractivity contribution in [1.82, 2.24) is 10.3 Å². The standard InChI is InChI=1S/C10H13N3O2.ClH/c14-6-7-1-2-9(12-3-7)13-10(15)8-4-11-5-8;/h1-3,8,11,14H,4-6H2,(H,12,13,15);1H. The van der Waals surface area contributed by atoms with Crippen LogP contribution in [-0.2, 0) is 11.4 Å². The van der Waals surface area contributed by atoms with E-state index in [0.29, 0.717) is 5.82 Å². The molecule has 0 unspecified atom stereocenters. The van der Waals surface area contributed by atoms with Crippen LogP contribution in [0, 0.1) is 5.92 Å². The SMILES string of the molecule is Cl.O=C(Nc1ccc(CO)cn1)C1CNC1. The number of anilines is 1. The highest BCUT2D eigenvalue weighted by molar-refractivity contribution is 5.92. The van der Waals surface area contributed by atoms with Crippen molar-refractivity contribution in [2.45, 2.75) is 6.61 Å². The first-order valence-electron chi connectivity index (χ1n) is 4.87. The lowest BCUT2D eigenvalue weighted by Gasteiger charge is -2.25. The second-order valence-corrected chi connectivity index (χ2v) is 3.55. The number of amides is 1. The molecule has 1 fully saturated rings. The van der Waals surface area contributed by atoms with Crippen LogP contribution < -0.4 is 10.6 Å². The maximum atomic E-state index is 11.5. The molecule has 1 aliphatic rings. The van der Waals surface area contributed by atoms with Crippen LogP contribution in [0.4, 0.5) is 5.82 Å². The molecule has 2 heterocycles. The van der Waals surface area contributed by atoms with Gasteiger partial charge in [0.1, 0.15) is 5.82 Å². The van der Waals surface area contributed by atoms with Crippen molar-refractivity contribution in [3.05, 3.63) is 23.9 Å². The lowest BCUT2D eigenvalue weighted by Crippen LogP contribution is -2.48. The van der Waals surface area contributed by atoms with Crippen molar-refractivity contribution >= 4 is 24.1 Å². The van der Waals surface area contributed by atoms with E-state index in [1.54, 1.807) is 18.3 Å². The molecule has 3 N–H and O–H groups in total. The van der Waals surface area contributed by atoms with E-state index < -0.39 is 0 Å². The van der Waals surface area contributed by atoms with Crippen molar-refractivity contribution in [2.24, 2.45) is 5.92 Å². The van der Waals surface area contributed by atoms with Crippen LogP contribution >= 0.6 is 12.4 Å². The number of aliphatic hydroxyl groups is 1.